The maximum atomic E-state index is 12.1. The number of Topliss-reactive ketones (excluding diaryl/α,β-unsaturated/α-hetero) is 2. The molecule has 0 atom stereocenters. The van der Waals surface area contributed by atoms with Crippen LogP contribution < -0.4 is 4.90 Å². The first-order chi connectivity index (χ1) is 12.8. The summed E-state index contributed by atoms with van der Waals surface area (Å²) in [5, 5.41) is -0.326. The second-order valence-corrected chi connectivity index (χ2v) is 10.3. The van der Waals surface area contributed by atoms with Crippen LogP contribution in [0, 0.1) is 0 Å². The van der Waals surface area contributed by atoms with Gasteiger partial charge in [-0.25, -0.2) is 8.42 Å². The lowest BCUT2D eigenvalue weighted by Gasteiger charge is -2.28. The van der Waals surface area contributed by atoms with Crippen LogP contribution >= 0.6 is 0 Å². The average molecular weight is 394 g/mol. The second kappa shape index (κ2) is 10.0. The van der Waals surface area contributed by atoms with E-state index >= 15 is 0 Å². The van der Waals surface area contributed by atoms with Crippen molar-refractivity contribution >= 4 is 27.1 Å². The summed E-state index contributed by atoms with van der Waals surface area (Å²) in [7, 11) is -2.97. The largest absolute Gasteiger partial charge is 0.371 e. The van der Waals surface area contributed by atoms with Gasteiger partial charge >= 0.3 is 0 Å². The Hall–Kier alpha value is -1.69. The van der Waals surface area contributed by atoms with Gasteiger partial charge in [-0.1, -0.05) is 18.6 Å². The summed E-state index contributed by atoms with van der Waals surface area (Å²) in [5.41, 5.74) is 2.10. The molecule has 1 aliphatic rings. The van der Waals surface area contributed by atoms with Crippen LogP contribution in [-0.2, 0) is 25.8 Å². The Morgan fingerprint density at radius 2 is 1.67 bits per heavy atom. The highest BCUT2D eigenvalue weighted by molar-refractivity contribution is 7.91. The van der Waals surface area contributed by atoms with Gasteiger partial charge in [0.1, 0.15) is 11.6 Å². The van der Waals surface area contributed by atoms with E-state index in [0.717, 1.165) is 37.2 Å². The van der Waals surface area contributed by atoms with Gasteiger partial charge in [0.25, 0.3) is 0 Å². The number of piperidine rings is 1. The van der Waals surface area contributed by atoms with Crippen LogP contribution in [0.15, 0.2) is 24.3 Å². The summed E-state index contributed by atoms with van der Waals surface area (Å²) >= 11 is 0. The summed E-state index contributed by atoms with van der Waals surface area (Å²) in [6.45, 7) is 4.94. The van der Waals surface area contributed by atoms with Crippen molar-refractivity contribution in [2.24, 2.45) is 0 Å². The van der Waals surface area contributed by atoms with Crippen molar-refractivity contribution in [2.75, 3.05) is 23.7 Å². The number of carbonyl (C=O) groups is 2. The SMILES string of the molecule is CC(C)S(=O)(=O)CCCCCC(=O)Cc1ccc(N2CCC(=O)CC2)cc1. The molecule has 1 aliphatic heterocycles. The zero-order chi connectivity index (χ0) is 19.9. The van der Waals surface area contributed by atoms with E-state index in [4.69, 9.17) is 0 Å². The van der Waals surface area contributed by atoms with Crippen LogP contribution in [0.25, 0.3) is 0 Å². The minimum absolute atomic E-state index is 0.193. The highest BCUT2D eigenvalue weighted by Gasteiger charge is 2.17. The van der Waals surface area contributed by atoms with Crippen molar-refractivity contribution in [1.29, 1.82) is 0 Å². The molecule has 0 N–H and O–H groups in total. The molecule has 1 heterocycles. The molecular weight excluding hydrogens is 362 g/mol. The van der Waals surface area contributed by atoms with Crippen molar-refractivity contribution in [3.63, 3.8) is 0 Å². The number of anilines is 1. The van der Waals surface area contributed by atoms with Crippen molar-refractivity contribution in [3.8, 4) is 0 Å². The predicted molar refractivity (Wildman–Crippen MR) is 109 cm³/mol. The van der Waals surface area contributed by atoms with E-state index in [0.29, 0.717) is 37.9 Å². The number of hydrogen-bond donors (Lipinski definition) is 0. The van der Waals surface area contributed by atoms with Crippen LogP contribution in [-0.4, -0.2) is 44.1 Å². The minimum Gasteiger partial charge on any atom is -0.371 e. The highest BCUT2D eigenvalue weighted by atomic mass is 32.2. The first-order valence-electron chi connectivity index (χ1n) is 9.87. The smallest absolute Gasteiger partial charge is 0.152 e. The summed E-state index contributed by atoms with van der Waals surface area (Å²) in [5.74, 6) is 0.732. The highest BCUT2D eigenvalue weighted by Crippen LogP contribution is 2.19. The van der Waals surface area contributed by atoms with Gasteiger partial charge in [-0.05, 0) is 44.4 Å². The monoisotopic (exact) mass is 393 g/mol. The number of sulfone groups is 1. The number of ketones is 2. The molecule has 0 unspecified atom stereocenters. The molecule has 2 rings (SSSR count). The lowest BCUT2D eigenvalue weighted by atomic mass is 10.0. The Labute approximate surface area is 163 Å². The molecule has 1 fully saturated rings. The third kappa shape index (κ3) is 7.09. The molecule has 0 amide bonds. The zero-order valence-corrected chi connectivity index (χ0v) is 17.3. The van der Waals surface area contributed by atoms with Gasteiger partial charge < -0.3 is 4.90 Å². The topological polar surface area (TPSA) is 71.5 Å². The molecule has 0 spiro atoms. The Balaban J connectivity index is 1.69. The first-order valence-corrected chi connectivity index (χ1v) is 11.6. The van der Waals surface area contributed by atoms with Crippen molar-refractivity contribution < 1.29 is 18.0 Å². The number of hydrogen-bond acceptors (Lipinski definition) is 5. The molecule has 1 aromatic carbocycles. The molecule has 1 aromatic rings. The van der Waals surface area contributed by atoms with E-state index in [2.05, 4.69) is 4.90 Å². The number of carbonyl (C=O) groups excluding carboxylic acids is 2. The van der Waals surface area contributed by atoms with Gasteiger partial charge in [-0.3, -0.25) is 9.59 Å². The molecule has 6 heteroatoms. The van der Waals surface area contributed by atoms with Crippen molar-refractivity contribution in [3.05, 3.63) is 29.8 Å². The Morgan fingerprint density at radius 1 is 1.04 bits per heavy atom. The van der Waals surface area contributed by atoms with Crippen LogP contribution in [0.3, 0.4) is 0 Å². The summed E-state index contributed by atoms with van der Waals surface area (Å²) in [6.07, 6.45) is 4.27. The molecule has 0 bridgehead atoms. The van der Waals surface area contributed by atoms with Crippen molar-refractivity contribution in [1.82, 2.24) is 0 Å². The lowest BCUT2D eigenvalue weighted by molar-refractivity contribution is -0.119. The van der Waals surface area contributed by atoms with E-state index in [1.165, 1.54) is 0 Å². The van der Waals surface area contributed by atoms with E-state index in [1.54, 1.807) is 13.8 Å². The van der Waals surface area contributed by atoms with E-state index in [1.807, 2.05) is 24.3 Å². The third-order valence-corrected chi connectivity index (χ3v) is 7.42. The summed E-state index contributed by atoms with van der Waals surface area (Å²) < 4.78 is 23.5. The van der Waals surface area contributed by atoms with Gasteiger partial charge in [0.15, 0.2) is 9.84 Å². The van der Waals surface area contributed by atoms with E-state index in [9.17, 15) is 18.0 Å². The third-order valence-electron chi connectivity index (χ3n) is 5.13. The second-order valence-electron chi connectivity index (χ2n) is 7.63. The average Bonchev–Trinajstić information content (AvgIpc) is 2.62. The van der Waals surface area contributed by atoms with Crippen LogP contribution in [0.5, 0.6) is 0 Å². The minimum atomic E-state index is -2.97. The summed E-state index contributed by atoms with van der Waals surface area (Å²) in [6, 6.07) is 8.02. The molecule has 0 aliphatic carbocycles. The van der Waals surface area contributed by atoms with Gasteiger partial charge in [0.05, 0.1) is 11.0 Å². The fourth-order valence-corrected chi connectivity index (χ4v) is 4.27. The number of benzene rings is 1. The molecule has 1 saturated heterocycles. The van der Waals surface area contributed by atoms with Gasteiger partial charge in [-0.2, -0.15) is 0 Å². The standard InChI is InChI=1S/C21H31NO4S/c1-17(2)27(25,26)15-5-3-4-6-21(24)16-18-7-9-19(10-8-18)22-13-11-20(23)12-14-22/h7-10,17H,3-6,11-16H2,1-2H3. The number of nitrogens with zero attached hydrogens (tertiary/aromatic N) is 1. The van der Waals surface area contributed by atoms with E-state index in [-0.39, 0.29) is 16.8 Å². The maximum Gasteiger partial charge on any atom is 0.152 e. The normalized spacial score (nSPS) is 15.4. The predicted octanol–water partition coefficient (Wildman–Crippen LogP) is 3.35. The van der Waals surface area contributed by atoms with Gasteiger partial charge in [-0.15, -0.1) is 0 Å². The molecule has 150 valence electrons. The quantitative estimate of drug-likeness (QED) is 0.570. The van der Waals surface area contributed by atoms with Gasteiger partial charge in [0.2, 0.25) is 0 Å². The molecule has 5 nitrogen and oxygen atoms in total. The molecule has 0 radical (unpaired) electrons. The number of unbranched alkanes of at least 4 members (excludes halogenated alkanes) is 2. The number of rotatable bonds is 10. The van der Waals surface area contributed by atoms with Crippen molar-refractivity contribution in [2.45, 2.75) is 64.0 Å². The molecular formula is C21H31NO4S. The Kier molecular flexibility index (Phi) is 8.02. The fraction of sp³-hybridized carbons (Fsp3) is 0.619. The fourth-order valence-electron chi connectivity index (χ4n) is 3.19. The zero-order valence-electron chi connectivity index (χ0n) is 16.4. The van der Waals surface area contributed by atoms with Crippen LogP contribution in [0.1, 0.15) is 57.9 Å². The molecule has 27 heavy (non-hydrogen) atoms. The Bertz CT molecular complexity index is 728. The lowest BCUT2D eigenvalue weighted by Crippen LogP contribution is -2.33. The molecule has 0 saturated carbocycles. The Morgan fingerprint density at radius 3 is 2.26 bits per heavy atom. The summed E-state index contributed by atoms with van der Waals surface area (Å²) in [4.78, 5) is 25.7. The van der Waals surface area contributed by atoms with Crippen LogP contribution in [0.4, 0.5) is 5.69 Å². The van der Waals surface area contributed by atoms with Crippen LogP contribution in [0.2, 0.25) is 0 Å². The van der Waals surface area contributed by atoms with Gasteiger partial charge in [0, 0.05) is 44.5 Å². The van der Waals surface area contributed by atoms with E-state index < -0.39 is 9.84 Å². The maximum absolute atomic E-state index is 12.1. The first kappa shape index (κ1) is 21.6. The molecule has 0 aromatic heterocycles.